The number of hydrogen-bond acceptors (Lipinski definition) is 6. The Hall–Kier alpha value is -2.64. The molecule has 32 heavy (non-hydrogen) atoms. The molecule has 6 rings (SSSR count). The maximum absolute atomic E-state index is 13.2. The Bertz CT molecular complexity index is 1230. The third-order valence-corrected chi connectivity index (χ3v) is 9.49. The van der Waals surface area contributed by atoms with Crippen LogP contribution in [0.15, 0.2) is 18.3 Å². The SMILES string of the molecule is N#CC1(CS(=O)(=O)N2C3CCC2CN(c2cc(NC(=O)C4CC4)nc4[nH]ccc24)C3)CC1. The van der Waals surface area contributed by atoms with E-state index in [0.29, 0.717) is 37.4 Å². The van der Waals surface area contributed by atoms with Gasteiger partial charge in [0.1, 0.15) is 11.5 Å². The number of aromatic nitrogens is 2. The zero-order valence-electron chi connectivity index (χ0n) is 17.7. The van der Waals surface area contributed by atoms with Crippen LogP contribution in [0.5, 0.6) is 0 Å². The lowest BCUT2D eigenvalue weighted by Gasteiger charge is -2.41. The Morgan fingerprint density at radius 3 is 2.59 bits per heavy atom. The zero-order valence-corrected chi connectivity index (χ0v) is 18.6. The smallest absolute Gasteiger partial charge is 0.228 e. The molecule has 168 valence electrons. The molecular weight excluding hydrogens is 428 g/mol. The van der Waals surface area contributed by atoms with Gasteiger partial charge in [0.15, 0.2) is 0 Å². The van der Waals surface area contributed by atoms with Crippen molar-refractivity contribution in [2.75, 3.05) is 29.1 Å². The first-order valence-corrected chi connectivity index (χ1v) is 12.9. The highest BCUT2D eigenvalue weighted by atomic mass is 32.2. The van der Waals surface area contributed by atoms with Crippen LogP contribution in [0.2, 0.25) is 0 Å². The van der Waals surface area contributed by atoms with Gasteiger partial charge in [0.2, 0.25) is 15.9 Å². The second-order valence-electron chi connectivity index (χ2n) is 9.80. The molecule has 2 saturated carbocycles. The number of sulfonamides is 1. The van der Waals surface area contributed by atoms with Crippen molar-refractivity contribution in [1.29, 1.82) is 5.26 Å². The lowest BCUT2D eigenvalue weighted by Crippen LogP contribution is -2.56. The molecule has 2 aliphatic carbocycles. The minimum atomic E-state index is -3.48. The van der Waals surface area contributed by atoms with Crippen LogP contribution in [-0.4, -0.2) is 59.5 Å². The Morgan fingerprint density at radius 2 is 1.97 bits per heavy atom. The number of nitrogens with zero attached hydrogens (tertiary/aromatic N) is 4. The lowest BCUT2D eigenvalue weighted by atomic mass is 10.1. The van der Waals surface area contributed by atoms with E-state index in [1.165, 1.54) is 0 Å². The standard InChI is InChI=1S/C22H26N6O3S/c23-12-22(6-7-22)13-32(30,31)28-15-3-4-16(28)11-27(10-15)18-9-19(26-21(29)14-1-2-14)25-20-17(18)5-8-24-20/h5,8-9,14-16H,1-4,6-7,10-11,13H2,(H2,24,25,26,29). The van der Waals surface area contributed by atoms with Crippen molar-refractivity contribution in [3.63, 3.8) is 0 Å². The maximum atomic E-state index is 13.2. The largest absolute Gasteiger partial charge is 0.368 e. The number of fused-ring (bicyclic) bond motifs is 3. The third kappa shape index (κ3) is 3.35. The van der Waals surface area contributed by atoms with Gasteiger partial charge < -0.3 is 15.2 Å². The molecule has 2 N–H and O–H groups in total. The first-order chi connectivity index (χ1) is 15.4. The molecule has 0 radical (unpaired) electrons. The molecule has 0 spiro atoms. The van der Waals surface area contributed by atoms with Crippen molar-refractivity contribution in [2.24, 2.45) is 11.3 Å². The zero-order chi connectivity index (χ0) is 22.1. The van der Waals surface area contributed by atoms with Gasteiger partial charge in [-0.15, -0.1) is 0 Å². The molecule has 2 aromatic heterocycles. The normalized spacial score (nSPS) is 26.8. The summed E-state index contributed by atoms with van der Waals surface area (Å²) >= 11 is 0. The number of H-pyrrole nitrogens is 1. The second kappa shape index (κ2) is 6.93. The van der Waals surface area contributed by atoms with Gasteiger partial charge in [-0.05, 0) is 44.6 Å². The summed E-state index contributed by atoms with van der Waals surface area (Å²) in [6.45, 7) is 1.19. The highest BCUT2D eigenvalue weighted by Crippen LogP contribution is 2.48. The van der Waals surface area contributed by atoms with Gasteiger partial charge in [0.25, 0.3) is 0 Å². The molecule has 1 amide bonds. The number of pyridine rings is 1. The van der Waals surface area contributed by atoms with Crippen LogP contribution in [0.3, 0.4) is 0 Å². The van der Waals surface area contributed by atoms with Crippen LogP contribution in [0.25, 0.3) is 11.0 Å². The molecule has 4 heterocycles. The van der Waals surface area contributed by atoms with Crippen molar-refractivity contribution in [2.45, 2.75) is 50.6 Å². The first kappa shape index (κ1) is 20.0. The monoisotopic (exact) mass is 454 g/mol. The fourth-order valence-electron chi connectivity index (χ4n) is 5.30. The molecule has 2 atom stereocenters. The van der Waals surface area contributed by atoms with Crippen LogP contribution < -0.4 is 10.2 Å². The molecule has 2 unspecified atom stereocenters. The number of carbonyl (C=O) groups excluding carboxylic acids is 1. The molecule has 9 nitrogen and oxygen atoms in total. The Balaban J connectivity index is 1.27. The Morgan fingerprint density at radius 1 is 1.25 bits per heavy atom. The summed E-state index contributed by atoms with van der Waals surface area (Å²) in [5.41, 5.74) is 1.000. The van der Waals surface area contributed by atoms with E-state index in [4.69, 9.17) is 0 Å². The molecule has 4 fully saturated rings. The van der Waals surface area contributed by atoms with E-state index in [1.807, 2.05) is 18.3 Å². The second-order valence-corrected chi connectivity index (χ2v) is 11.7. The molecule has 2 aromatic rings. The number of nitriles is 1. The highest BCUT2D eigenvalue weighted by Gasteiger charge is 2.53. The Kier molecular flexibility index (Phi) is 4.33. The van der Waals surface area contributed by atoms with E-state index < -0.39 is 15.4 Å². The van der Waals surface area contributed by atoms with Gasteiger partial charge in [0.05, 0.1) is 22.9 Å². The average molecular weight is 455 g/mol. The molecule has 2 bridgehead atoms. The van der Waals surface area contributed by atoms with E-state index >= 15 is 0 Å². The van der Waals surface area contributed by atoms with Gasteiger partial charge in [-0.2, -0.15) is 9.57 Å². The summed E-state index contributed by atoms with van der Waals surface area (Å²) in [6.07, 6.45) is 6.69. The van der Waals surface area contributed by atoms with E-state index in [0.717, 1.165) is 36.8 Å². The molecule has 10 heteroatoms. The summed E-state index contributed by atoms with van der Waals surface area (Å²) in [5, 5.41) is 13.3. The number of nitrogens with one attached hydrogen (secondary N) is 2. The van der Waals surface area contributed by atoms with E-state index in [-0.39, 0.29) is 29.7 Å². The van der Waals surface area contributed by atoms with E-state index in [9.17, 15) is 18.5 Å². The van der Waals surface area contributed by atoms with Crippen LogP contribution in [0.4, 0.5) is 11.5 Å². The van der Waals surface area contributed by atoms with Crippen molar-refractivity contribution < 1.29 is 13.2 Å². The third-order valence-electron chi connectivity index (χ3n) is 7.33. The van der Waals surface area contributed by atoms with Crippen LogP contribution in [-0.2, 0) is 14.8 Å². The number of rotatable bonds is 6. The fourth-order valence-corrected chi connectivity index (χ4v) is 7.75. The van der Waals surface area contributed by atoms with Gasteiger partial charge in [-0.3, -0.25) is 4.79 Å². The van der Waals surface area contributed by atoms with Crippen molar-refractivity contribution in [1.82, 2.24) is 14.3 Å². The number of aromatic amines is 1. The molecule has 0 aromatic carbocycles. The minimum absolute atomic E-state index is 0.0110. The van der Waals surface area contributed by atoms with Crippen molar-refractivity contribution in [3.8, 4) is 6.07 Å². The van der Waals surface area contributed by atoms with Gasteiger partial charge >= 0.3 is 0 Å². The number of anilines is 2. The topological polar surface area (TPSA) is 122 Å². The predicted octanol–water partition coefficient (Wildman–Crippen LogP) is 2.20. The predicted molar refractivity (Wildman–Crippen MR) is 119 cm³/mol. The summed E-state index contributed by atoms with van der Waals surface area (Å²) < 4.78 is 28.1. The summed E-state index contributed by atoms with van der Waals surface area (Å²) in [4.78, 5) is 22.2. The van der Waals surface area contributed by atoms with Gasteiger partial charge in [-0.1, -0.05) is 0 Å². The summed E-state index contributed by atoms with van der Waals surface area (Å²) in [5.74, 6) is 0.571. The first-order valence-electron chi connectivity index (χ1n) is 11.3. The number of amides is 1. The minimum Gasteiger partial charge on any atom is -0.368 e. The van der Waals surface area contributed by atoms with Crippen LogP contribution in [0, 0.1) is 22.7 Å². The van der Waals surface area contributed by atoms with Crippen molar-refractivity contribution in [3.05, 3.63) is 18.3 Å². The average Bonchev–Trinajstić information content (AvgIpc) is 3.67. The molecule has 2 saturated heterocycles. The fraction of sp³-hybridized carbons (Fsp3) is 0.591. The van der Waals surface area contributed by atoms with Crippen LogP contribution >= 0.6 is 0 Å². The highest BCUT2D eigenvalue weighted by molar-refractivity contribution is 7.89. The van der Waals surface area contributed by atoms with E-state index in [2.05, 4.69) is 26.3 Å². The quantitative estimate of drug-likeness (QED) is 0.690. The summed E-state index contributed by atoms with van der Waals surface area (Å²) in [7, 11) is -3.48. The molecular formula is C22H26N6O3S. The van der Waals surface area contributed by atoms with Crippen LogP contribution in [0.1, 0.15) is 38.5 Å². The Labute approximate surface area is 186 Å². The number of hydrogen-bond donors (Lipinski definition) is 2. The number of carbonyl (C=O) groups is 1. The van der Waals surface area contributed by atoms with Crippen molar-refractivity contribution >= 4 is 38.5 Å². The van der Waals surface area contributed by atoms with Gasteiger partial charge in [-0.25, -0.2) is 13.4 Å². The number of piperazine rings is 1. The lowest BCUT2D eigenvalue weighted by molar-refractivity contribution is -0.117. The molecule has 2 aliphatic heterocycles. The summed E-state index contributed by atoms with van der Waals surface area (Å²) in [6, 6.07) is 5.91. The maximum Gasteiger partial charge on any atom is 0.228 e. The molecule has 4 aliphatic rings. The van der Waals surface area contributed by atoms with Gasteiger partial charge in [0, 0.05) is 48.7 Å². The van der Waals surface area contributed by atoms with E-state index in [1.54, 1.807) is 4.31 Å².